The molecule has 112 valence electrons. The van der Waals surface area contributed by atoms with Gasteiger partial charge in [0.1, 0.15) is 5.78 Å². The van der Waals surface area contributed by atoms with Gasteiger partial charge in [-0.3, -0.25) is 4.79 Å². The van der Waals surface area contributed by atoms with Crippen LogP contribution in [-0.2, 0) is 4.79 Å². The van der Waals surface area contributed by atoms with Crippen molar-refractivity contribution >= 4 is 17.5 Å². The van der Waals surface area contributed by atoms with Crippen LogP contribution in [0.4, 0.5) is 0 Å². The Hall–Kier alpha value is 0.0200. The fourth-order valence-electron chi connectivity index (χ4n) is 6.27. The molecule has 0 spiro atoms. The lowest BCUT2D eigenvalue weighted by molar-refractivity contribution is -0.128. The van der Waals surface area contributed by atoms with Gasteiger partial charge in [-0.15, -0.1) is 0 Å². The Morgan fingerprint density at radius 3 is 2.05 bits per heavy atom. The van der Waals surface area contributed by atoms with E-state index in [-0.39, 0.29) is 0 Å². The average molecular weight is 292 g/mol. The summed E-state index contributed by atoms with van der Waals surface area (Å²) in [7, 11) is 0. The SMILES string of the molecule is O=C(CC1CCSCC1)CC12CC3CC(CC(C3)C1)C2. The van der Waals surface area contributed by atoms with Crippen LogP contribution in [0.1, 0.15) is 64.2 Å². The lowest BCUT2D eigenvalue weighted by Crippen LogP contribution is -2.47. The van der Waals surface area contributed by atoms with Crippen molar-refractivity contribution in [2.24, 2.45) is 29.1 Å². The van der Waals surface area contributed by atoms with E-state index < -0.39 is 0 Å². The third-order valence-electron chi connectivity index (χ3n) is 6.59. The molecule has 1 aliphatic heterocycles. The molecule has 4 saturated carbocycles. The van der Waals surface area contributed by atoms with E-state index in [9.17, 15) is 4.79 Å². The Bertz CT molecular complexity index is 348. The summed E-state index contributed by atoms with van der Waals surface area (Å²) in [6.45, 7) is 0. The van der Waals surface area contributed by atoms with E-state index in [1.165, 1.54) is 62.9 Å². The van der Waals surface area contributed by atoms with Crippen LogP contribution in [0.25, 0.3) is 0 Å². The van der Waals surface area contributed by atoms with Gasteiger partial charge >= 0.3 is 0 Å². The Kier molecular flexibility index (Phi) is 3.65. The van der Waals surface area contributed by atoms with Gasteiger partial charge in [0.15, 0.2) is 0 Å². The molecule has 5 rings (SSSR count). The first-order valence-electron chi connectivity index (χ1n) is 8.80. The molecule has 4 bridgehead atoms. The largest absolute Gasteiger partial charge is 0.300 e. The Morgan fingerprint density at radius 1 is 0.950 bits per heavy atom. The zero-order valence-electron chi connectivity index (χ0n) is 12.6. The van der Waals surface area contributed by atoms with Crippen LogP contribution in [0.15, 0.2) is 0 Å². The Morgan fingerprint density at radius 2 is 1.50 bits per heavy atom. The molecular formula is C18H28OS. The zero-order chi connectivity index (χ0) is 13.6. The number of hydrogen-bond acceptors (Lipinski definition) is 2. The number of hydrogen-bond donors (Lipinski definition) is 0. The van der Waals surface area contributed by atoms with Gasteiger partial charge in [-0.1, -0.05) is 0 Å². The minimum atomic E-state index is 0.468. The fourth-order valence-corrected chi connectivity index (χ4v) is 7.47. The van der Waals surface area contributed by atoms with E-state index in [4.69, 9.17) is 0 Å². The monoisotopic (exact) mass is 292 g/mol. The maximum atomic E-state index is 12.6. The molecule has 0 amide bonds. The number of Topliss-reactive ketones (excluding diaryl/α,β-unsaturated/α-hetero) is 1. The summed E-state index contributed by atoms with van der Waals surface area (Å²) >= 11 is 2.07. The van der Waals surface area contributed by atoms with Crippen molar-refractivity contribution < 1.29 is 4.79 Å². The van der Waals surface area contributed by atoms with Crippen molar-refractivity contribution in [3.05, 3.63) is 0 Å². The van der Waals surface area contributed by atoms with Crippen molar-refractivity contribution in [2.75, 3.05) is 11.5 Å². The van der Waals surface area contributed by atoms with Gasteiger partial charge in [-0.25, -0.2) is 0 Å². The minimum absolute atomic E-state index is 0.468. The molecule has 0 radical (unpaired) electrons. The van der Waals surface area contributed by atoms with E-state index in [1.807, 2.05) is 0 Å². The van der Waals surface area contributed by atoms with Gasteiger partial charge in [0.25, 0.3) is 0 Å². The van der Waals surface area contributed by atoms with Crippen molar-refractivity contribution in [3.63, 3.8) is 0 Å². The number of carbonyl (C=O) groups is 1. The maximum absolute atomic E-state index is 12.6. The molecule has 20 heavy (non-hydrogen) atoms. The quantitative estimate of drug-likeness (QED) is 0.747. The molecule has 1 saturated heterocycles. The van der Waals surface area contributed by atoms with Crippen LogP contribution < -0.4 is 0 Å². The number of rotatable bonds is 4. The summed E-state index contributed by atoms with van der Waals surface area (Å²) in [6.07, 6.45) is 13.1. The molecule has 0 N–H and O–H groups in total. The van der Waals surface area contributed by atoms with Gasteiger partial charge in [0.05, 0.1) is 0 Å². The Balaban J connectivity index is 1.37. The summed E-state index contributed by atoms with van der Waals surface area (Å²) < 4.78 is 0. The summed E-state index contributed by atoms with van der Waals surface area (Å²) in [6, 6.07) is 0. The molecule has 0 aromatic rings. The lowest BCUT2D eigenvalue weighted by Gasteiger charge is -2.56. The molecule has 1 heterocycles. The van der Waals surface area contributed by atoms with Gasteiger partial charge < -0.3 is 0 Å². The number of ketones is 1. The van der Waals surface area contributed by atoms with Crippen molar-refractivity contribution in [1.82, 2.24) is 0 Å². The second-order valence-electron chi connectivity index (χ2n) is 8.39. The summed E-state index contributed by atoms with van der Waals surface area (Å²) in [4.78, 5) is 12.6. The number of carbonyl (C=O) groups excluding carboxylic acids is 1. The first kappa shape index (κ1) is 13.7. The van der Waals surface area contributed by atoms with Crippen LogP contribution in [0.2, 0.25) is 0 Å². The predicted molar refractivity (Wildman–Crippen MR) is 84.9 cm³/mol. The molecular weight excluding hydrogens is 264 g/mol. The third-order valence-corrected chi connectivity index (χ3v) is 7.64. The predicted octanol–water partition coefficient (Wildman–Crippen LogP) is 4.70. The van der Waals surface area contributed by atoms with Crippen LogP contribution in [0.3, 0.4) is 0 Å². The smallest absolute Gasteiger partial charge is 0.133 e. The van der Waals surface area contributed by atoms with Crippen LogP contribution in [0.5, 0.6) is 0 Å². The molecule has 4 aliphatic carbocycles. The summed E-state index contributed by atoms with van der Waals surface area (Å²) in [5, 5.41) is 0. The molecule has 0 unspecified atom stereocenters. The second-order valence-corrected chi connectivity index (χ2v) is 9.62. The highest BCUT2D eigenvalue weighted by molar-refractivity contribution is 7.99. The summed E-state index contributed by atoms with van der Waals surface area (Å²) in [5.74, 6) is 6.87. The van der Waals surface area contributed by atoms with Crippen molar-refractivity contribution in [3.8, 4) is 0 Å². The third kappa shape index (κ3) is 2.69. The zero-order valence-corrected chi connectivity index (χ0v) is 13.4. The highest BCUT2D eigenvalue weighted by Gasteiger charge is 2.51. The highest BCUT2D eigenvalue weighted by atomic mass is 32.2. The van der Waals surface area contributed by atoms with E-state index in [1.54, 1.807) is 0 Å². The van der Waals surface area contributed by atoms with Gasteiger partial charge in [-0.05, 0) is 92.0 Å². The first-order valence-corrected chi connectivity index (χ1v) is 9.96. The second kappa shape index (κ2) is 5.34. The van der Waals surface area contributed by atoms with Crippen molar-refractivity contribution in [2.45, 2.75) is 64.2 Å². The van der Waals surface area contributed by atoms with Crippen LogP contribution >= 0.6 is 11.8 Å². The van der Waals surface area contributed by atoms with Gasteiger partial charge in [0, 0.05) is 12.8 Å². The lowest BCUT2D eigenvalue weighted by atomic mass is 9.48. The summed E-state index contributed by atoms with van der Waals surface area (Å²) in [5.41, 5.74) is 0.468. The van der Waals surface area contributed by atoms with E-state index in [0.717, 1.165) is 36.5 Å². The van der Waals surface area contributed by atoms with Crippen LogP contribution in [0, 0.1) is 29.1 Å². The van der Waals surface area contributed by atoms with E-state index in [0.29, 0.717) is 11.2 Å². The molecule has 5 aliphatic rings. The molecule has 2 heteroatoms. The minimum Gasteiger partial charge on any atom is -0.300 e. The maximum Gasteiger partial charge on any atom is 0.133 e. The molecule has 0 atom stereocenters. The van der Waals surface area contributed by atoms with Crippen molar-refractivity contribution in [1.29, 1.82) is 0 Å². The molecule has 0 aromatic carbocycles. The number of thioether (sulfide) groups is 1. The molecule has 5 fully saturated rings. The standard InChI is InChI=1S/C18H28OS/c19-17(8-13-1-3-20-4-2-13)12-18-9-14-5-15(10-18)7-16(6-14)11-18/h13-16H,1-12H2. The van der Waals surface area contributed by atoms with Gasteiger partial charge in [0.2, 0.25) is 0 Å². The molecule has 1 nitrogen and oxygen atoms in total. The first-order chi connectivity index (χ1) is 9.71. The molecule has 0 aromatic heterocycles. The normalized spacial score (nSPS) is 43.9. The van der Waals surface area contributed by atoms with E-state index in [2.05, 4.69) is 11.8 Å². The van der Waals surface area contributed by atoms with Crippen LogP contribution in [-0.4, -0.2) is 17.3 Å². The van der Waals surface area contributed by atoms with Gasteiger partial charge in [-0.2, -0.15) is 11.8 Å². The average Bonchev–Trinajstić information content (AvgIpc) is 2.37. The topological polar surface area (TPSA) is 17.1 Å². The van der Waals surface area contributed by atoms with E-state index >= 15 is 0 Å². The fraction of sp³-hybridized carbons (Fsp3) is 0.944. The Labute approximate surface area is 127 Å². The highest BCUT2D eigenvalue weighted by Crippen LogP contribution is 2.61.